The predicted molar refractivity (Wildman–Crippen MR) is 489 cm³/mol. The summed E-state index contributed by atoms with van der Waals surface area (Å²) in [6.07, 6.45) is 0.750. The van der Waals surface area contributed by atoms with E-state index in [1.54, 1.807) is 86.9 Å². The van der Waals surface area contributed by atoms with E-state index in [9.17, 15) is 43.2 Å². The van der Waals surface area contributed by atoms with E-state index < -0.39 is 23.6 Å². The Kier molecular flexibility index (Phi) is 40.7. The Balaban J connectivity index is 0.000000318. The number of carbonyl (C=O) groups is 5. The summed E-state index contributed by atoms with van der Waals surface area (Å²) in [6.45, 7) is 9.74. The standard InChI is InChI=1S/4C21H21BrN2O3.C3H7NO.4ClH/c4*1-13-4-6-14(7-5-13)17(24(2)3)12-23-21(26)20-11-18(25)16-9-8-15(22)10-19(16)27-20;1-4(2)3-5;;;;/h4*4-11,17H,12H2,1-3H3,(H,23,26);3H,1-2H3;4*1H. The maximum absolute atomic E-state index is 12.6. The summed E-state index contributed by atoms with van der Waals surface area (Å²) in [5.41, 5.74) is 9.72. The average molecular weight is 1940 g/mol. The fourth-order valence-corrected chi connectivity index (χ4v) is 13.0. The summed E-state index contributed by atoms with van der Waals surface area (Å²) in [6, 6.07) is 58.3. The first-order valence-electron chi connectivity index (χ1n) is 35.8. The lowest BCUT2D eigenvalue weighted by molar-refractivity contribution is -0.115. The molecule has 8 aromatic carbocycles. The highest BCUT2D eigenvalue weighted by atomic mass is 79.9. The summed E-state index contributed by atoms with van der Waals surface area (Å²) in [5, 5.41) is 13.3. The van der Waals surface area contributed by atoms with Crippen molar-refractivity contribution in [2.24, 2.45) is 0 Å². The first kappa shape index (κ1) is 100. The van der Waals surface area contributed by atoms with Crippen LogP contribution in [0.15, 0.2) is 249 Å². The van der Waals surface area contributed by atoms with Gasteiger partial charge in [0.15, 0.2) is 44.8 Å². The lowest BCUT2D eigenvalue weighted by Crippen LogP contribution is -2.34. The lowest BCUT2D eigenvalue weighted by Gasteiger charge is -2.25. The summed E-state index contributed by atoms with van der Waals surface area (Å²) < 4.78 is 25.7. The van der Waals surface area contributed by atoms with Crippen LogP contribution in [0.3, 0.4) is 0 Å². The van der Waals surface area contributed by atoms with Crippen LogP contribution in [0.25, 0.3) is 43.9 Å². The summed E-state index contributed by atoms with van der Waals surface area (Å²) in [4.78, 5) is 118. The fraction of sp³-hybridized carbons (Fsp3) is 0.253. The van der Waals surface area contributed by atoms with Gasteiger partial charge in [-0.3, -0.25) is 43.2 Å². The maximum atomic E-state index is 12.6. The van der Waals surface area contributed by atoms with Crippen LogP contribution in [0.4, 0.5) is 0 Å². The van der Waals surface area contributed by atoms with Crippen molar-refractivity contribution in [2.75, 3.05) is 96.7 Å². The molecule has 4 unspecified atom stereocenters. The van der Waals surface area contributed by atoms with Gasteiger partial charge in [-0.1, -0.05) is 183 Å². The van der Waals surface area contributed by atoms with Crippen molar-refractivity contribution in [1.29, 1.82) is 0 Å². The number of fused-ring (bicyclic) bond motifs is 4. The third-order valence-corrected chi connectivity index (χ3v) is 20.0. The van der Waals surface area contributed by atoms with E-state index in [-0.39, 0.29) is 119 Å². The van der Waals surface area contributed by atoms with E-state index in [1.165, 1.54) is 51.4 Å². The van der Waals surface area contributed by atoms with Crippen molar-refractivity contribution < 1.29 is 41.6 Å². The first-order valence-corrected chi connectivity index (χ1v) is 38.9. The van der Waals surface area contributed by atoms with Crippen LogP contribution in [0.2, 0.25) is 0 Å². The lowest BCUT2D eigenvalue weighted by atomic mass is 10.0. The smallest absolute Gasteiger partial charge is 0.287 e. The van der Waals surface area contributed by atoms with Gasteiger partial charge in [0.25, 0.3) is 23.6 Å². The number of nitrogens with zero attached hydrogens (tertiary/aromatic N) is 5. The summed E-state index contributed by atoms with van der Waals surface area (Å²) >= 11 is 13.4. The number of nitrogens with one attached hydrogen (secondary N) is 4. The van der Waals surface area contributed by atoms with Crippen LogP contribution < -0.4 is 43.0 Å². The highest BCUT2D eigenvalue weighted by Gasteiger charge is 2.24. The van der Waals surface area contributed by atoms with E-state index >= 15 is 0 Å². The molecule has 0 aliphatic rings. The van der Waals surface area contributed by atoms with Crippen LogP contribution in [-0.2, 0) is 4.79 Å². The molecule has 4 aromatic heterocycles. The minimum atomic E-state index is -0.409. The molecule has 4 heterocycles. The number of hydrogen-bond acceptors (Lipinski definition) is 17. The van der Waals surface area contributed by atoms with E-state index in [0.29, 0.717) is 70.1 Å². The normalized spacial score (nSPS) is 11.7. The zero-order chi connectivity index (χ0) is 82.5. The average Bonchev–Trinajstić information content (AvgIpc) is 0.814. The van der Waals surface area contributed by atoms with Gasteiger partial charge in [0.1, 0.15) is 22.3 Å². The number of carbonyl (C=O) groups excluding carboxylic acids is 5. The first-order chi connectivity index (χ1) is 53.7. The Morgan fingerprint density at radius 2 is 0.479 bits per heavy atom. The quantitative estimate of drug-likeness (QED) is 0.0487. The Labute approximate surface area is 737 Å². The minimum absolute atomic E-state index is 0. The second kappa shape index (κ2) is 47.5. The minimum Gasteiger partial charge on any atom is -0.451 e. The second-order valence-electron chi connectivity index (χ2n) is 27.9. The number of likely N-dealkylation sites (N-methyl/N-ethyl adjacent to an activating group) is 4. The van der Waals surface area contributed by atoms with Crippen molar-refractivity contribution in [3.05, 3.63) is 320 Å². The van der Waals surface area contributed by atoms with Gasteiger partial charge in [-0.15, -0.1) is 49.6 Å². The number of amides is 5. The van der Waals surface area contributed by atoms with Gasteiger partial charge >= 0.3 is 0 Å². The van der Waals surface area contributed by atoms with E-state index in [0.717, 1.165) is 46.6 Å². The van der Waals surface area contributed by atoms with Crippen molar-refractivity contribution in [2.45, 2.75) is 51.9 Å². The fourth-order valence-electron chi connectivity index (χ4n) is 11.6. The monoisotopic (exact) mass is 1930 g/mol. The van der Waals surface area contributed by atoms with Crippen LogP contribution in [0.1, 0.15) is 111 Å². The Hall–Kier alpha value is -9.13. The van der Waals surface area contributed by atoms with E-state index in [2.05, 4.69) is 134 Å². The molecule has 0 radical (unpaired) electrons. The van der Waals surface area contributed by atoms with Gasteiger partial charge in [-0.05, 0) is 179 Å². The van der Waals surface area contributed by atoms with E-state index in [4.69, 9.17) is 17.7 Å². The molecule has 0 saturated carbocycles. The Morgan fingerprint density at radius 3 is 0.632 bits per heavy atom. The summed E-state index contributed by atoms with van der Waals surface area (Å²) in [5.74, 6) is -1.61. The number of benzene rings is 8. The van der Waals surface area contributed by atoms with Crippen molar-refractivity contribution in [3.8, 4) is 0 Å². The van der Waals surface area contributed by atoms with Gasteiger partial charge in [0.2, 0.25) is 6.41 Å². The Morgan fingerprint density at radius 1 is 0.308 bits per heavy atom. The van der Waals surface area contributed by atoms with Crippen molar-refractivity contribution in [3.63, 3.8) is 0 Å². The molecule has 0 aliphatic heterocycles. The van der Waals surface area contributed by atoms with Crippen LogP contribution >= 0.6 is 113 Å². The predicted octanol–water partition coefficient (Wildman–Crippen LogP) is 17.0. The van der Waals surface area contributed by atoms with Gasteiger partial charge in [-0.25, -0.2) is 0 Å². The molecule has 12 rings (SSSR count). The number of rotatable bonds is 21. The summed E-state index contributed by atoms with van der Waals surface area (Å²) in [7, 11) is 19.1. The van der Waals surface area contributed by atoms with E-state index in [1.807, 2.05) is 152 Å². The molecular formula is C87H95Br4Cl4N9O13. The molecule has 0 fully saturated rings. The molecule has 117 heavy (non-hydrogen) atoms. The maximum Gasteiger partial charge on any atom is 0.287 e. The zero-order valence-electron chi connectivity index (χ0n) is 66.9. The molecule has 5 amide bonds. The molecule has 4 N–H and O–H groups in total. The molecule has 30 heteroatoms. The van der Waals surface area contributed by atoms with Crippen molar-refractivity contribution in [1.82, 2.24) is 45.8 Å². The third kappa shape index (κ3) is 29.1. The molecule has 0 aliphatic carbocycles. The highest BCUT2D eigenvalue weighted by molar-refractivity contribution is 9.11. The van der Waals surface area contributed by atoms with Gasteiger partial charge in [-0.2, -0.15) is 0 Å². The number of aryl methyl sites for hydroxylation is 4. The second-order valence-corrected chi connectivity index (χ2v) is 31.6. The van der Waals surface area contributed by atoms with Crippen LogP contribution in [-0.4, -0.2) is 151 Å². The Bertz CT molecular complexity index is 4930. The molecule has 0 spiro atoms. The molecule has 12 aromatic rings. The number of hydrogen-bond donors (Lipinski definition) is 4. The zero-order valence-corrected chi connectivity index (χ0v) is 76.5. The molecule has 22 nitrogen and oxygen atoms in total. The number of halogens is 8. The molecule has 622 valence electrons. The largest absolute Gasteiger partial charge is 0.451 e. The van der Waals surface area contributed by atoms with Gasteiger partial charge in [0, 0.05) is 82.4 Å². The van der Waals surface area contributed by atoms with Crippen LogP contribution in [0, 0.1) is 27.7 Å². The topological polar surface area (TPSA) is 271 Å². The molecule has 4 atom stereocenters. The van der Waals surface area contributed by atoms with Crippen LogP contribution in [0.5, 0.6) is 0 Å². The molecule has 0 bridgehead atoms. The van der Waals surface area contributed by atoms with Crippen molar-refractivity contribution >= 4 is 187 Å². The molecule has 0 saturated heterocycles. The SMILES string of the molecule is CN(C)C=O.Cc1ccc(C(CNC(=O)c2cc(=O)c3ccc(Br)cc3o2)N(C)C)cc1.Cc1ccc(C(CNC(=O)c2cc(=O)c3ccc(Br)cc3o2)N(C)C)cc1.Cc1ccc(C(CNC(=O)c2cc(=O)c3ccc(Br)cc3o2)N(C)C)cc1.Cc1ccc(C(CNC(=O)c2cc(=O)c3ccc(Br)cc3o2)N(C)C)cc1.Cl.Cl.Cl.Cl. The molecular weight excluding hydrogens is 1840 g/mol. The highest BCUT2D eigenvalue weighted by Crippen LogP contribution is 2.27. The van der Waals surface area contributed by atoms with Gasteiger partial charge in [0.05, 0.1) is 45.7 Å². The van der Waals surface area contributed by atoms with Gasteiger partial charge < -0.3 is 63.4 Å². The third-order valence-electron chi connectivity index (χ3n) is 18.0.